The standard InChI is InChI=1S/C16H33N3O3/c1-3-17-15(18-10-7-11-22-13-12-21-2)19-14-16(20)8-5-4-6-9-16/h20H,3-14H2,1-2H3,(H2,17,18,19). The number of hydrogen-bond donors (Lipinski definition) is 3. The molecule has 1 saturated carbocycles. The van der Waals surface area contributed by atoms with Crippen LogP contribution in [0.1, 0.15) is 45.4 Å². The average molecular weight is 315 g/mol. The molecule has 0 heterocycles. The zero-order chi connectivity index (χ0) is 16.1. The fourth-order valence-electron chi connectivity index (χ4n) is 2.56. The molecule has 0 amide bonds. The van der Waals surface area contributed by atoms with Crippen LogP contribution in [0.3, 0.4) is 0 Å². The molecule has 0 saturated heterocycles. The van der Waals surface area contributed by atoms with E-state index >= 15 is 0 Å². The van der Waals surface area contributed by atoms with Crippen LogP contribution in [0.25, 0.3) is 0 Å². The Morgan fingerprint density at radius 1 is 1.14 bits per heavy atom. The highest BCUT2D eigenvalue weighted by atomic mass is 16.5. The van der Waals surface area contributed by atoms with Crippen molar-refractivity contribution in [3.05, 3.63) is 0 Å². The van der Waals surface area contributed by atoms with Gasteiger partial charge in [-0.25, -0.2) is 0 Å². The molecular formula is C16H33N3O3. The van der Waals surface area contributed by atoms with Crippen molar-refractivity contribution in [2.75, 3.05) is 46.6 Å². The summed E-state index contributed by atoms with van der Waals surface area (Å²) in [4.78, 5) is 4.54. The van der Waals surface area contributed by atoms with Crippen molar-refractivity contribution >= 4 is 5.96 Å². The largest absolute Gasteiger partial charge is 0.388 e. The number of rotatable bonds is 10. The summed E-state index contributed by atoms with van der Waals surface area (Å²) in [5, 5.41) is 17.0. The Labute approximate surface area is 134 Å². The average Bonchev–Trinajstić information content (AvgIpc) is 2.52. The molecule has 0 unspecified atom stereocenters. The molecule has 1 rings (SSSR count). The Morgan fingerprint density at radius 2 is 1.91 bits per heavy atom. The van der Waals surface area contributed by atoms with Crippen LogP contribution in [0.15, 0.2) is 4.99 Å². The van der Waals surface area contributed by atoms with E-state index in [4.69, 9.17) is 9.47 Å². The van der Waals surface area contributed by atoms with Crippen LogP contribution in [0.2, 0.25) is 0 Å². The minimum absolute atomic E-state index is 0.479. The molecule has 1 fully saturated rings. The molecule has 0 radical (unpaired) electrons. The maximum Gasteiger partial charge on any atom is 0.191 e. The fourth-order valence-corrected chi connectivity index (χ4v) is 2.56. The summed E-state index contributed by atoms with van der Waals surface area (Å²) in [5.41, 5.74) is -0.607. The maximum atomic E-state index is 10.5. The van der Waals surface area contributed by atoms with E-state index in [-0.39, 0.29) is 0 Å². The smallest absolute Gasteiger partial charge is 0.191 e. The van der Waals surface area contributed by atoms with E-state index in [1.807, 2.05) is 6.92 Å². The summed E-state index contributed by atoms with van der Waals surface area (Å²) in [5.74, 6) is 0.776. The first-order valence-corrected chi connectivity index (χ1v) is 8.51. The van der Waals surface area contributed by atoms with Gasteiger partial charge >= 0.3 is 0 Å². The Kier molecular flexibility index (Phi) is 10.2. The van der Waals surface area contributed by atoms with E-state index in [2.05, 4.69) is 15.6 Å². The van der Waals surface area contributed by atoms with Gasteiger partial charge < -0.3 is 25.2 Å². The first kappa shape index (κ1) is 19.2. The summed E-state index contributed by atoms with van der Waals surface area (Å²) < 4.78 is 10.3. The quantitative estimate of drug-likeness (QED) is 0.322. The zero-order valence-corrected chi connectivity index (χ0v) is 14.2. The molecule has 0 aromatic rings. The van der Waals surface area contributed by atoms with Crippen molar-refractivity contribution in [3.63, 3.8) is 0 Å². The van der Waals surface area contributed by atoms with Crippen LogP contribution in [0.4, 0.5) is 0 Å². The Bertz CT molecular complexity index is 305. The SMILES string of the molecule is CCNC(=NCC1(O)CCCCC1)NCCCOCCOC. The van der Waals surface area contributed by atoms with Gasteiger partial charge in [0.1, 0.15) is 0 Å². The monoisotopic (exact) mass is 315 g/mol. The van der Waals surface area contributed by atoms with Gasteiger partial charge in [0.2, 0.25) is 0 Å². The van der Waals surface area contributed by atoms with Gasteiger partial charge in [-0.05, 0) is 26.2 Å². The molecule has 1 aliphatic carbocycles. The highest BCUT2D eigenvalue weighted by Gasteiger charge is 2.28. The number of nitrogens with one attached hydrogen (secondary N) is 2. The van der Waals surface area contributed by atoms with Gasteiger partial charge in [-0.15, -0.1) is 0 Å². The molecule has 3 N–H and O–H groups in total. The Morgan fingerprint density at radius 3 is 2.59 bits per heavy atom. The lowest BCUT2D eigenvalue weighted by molar-refractivity contribution is 0.0131. The number of hydrogen-bond acceptors (Lipinski definition) is 4. The number of guanidine groups is 1. The highest BCUT2D eigenvalue weighted by molar-refractivity contribution is 5.79. The van der Waals surface area contributed by atoms with Crippen molar-refractivity contribution in [1.29, 1.82) is 0 Å². The van der Waals surface area contributed by atoms with E-state index in [1.165, 1.54) is 6.42 Å². The van der Waals surface area contributed by atoms with Crippen molar-refractivity contribution < 1.29 is 14.6 Å². The lowest BCUT2D eigenvalue weighted by Gasteiger charge is -2.30. The van der Waals surface area contributed by atoms with E-state index in [1.54, 1.807) is 7.11 Å². The van der Waals surface area contributed by atoms with E-state index in [9.17, 15) is 5.11 Å². The molecule has 22 heavy (non-hydrogen) atoms. The Hall–Kier alpha value is -0.850. The number of aliphatic imine (C=N–C) groups is 1. The lowest BCUT2D eigenvalue weighted by Crippen LogP contribution is -2.41. The van der Waals surface area contributed by atoms with Crippen molar-refractivity contribution in [1.82, 2.24) is 10.6 Å². The van der Waals surface area contributed by atoms with Crippen LogP contribution < -0.4 is 10.6 Å². The Balaban J connectivity index is 2.23. The van der Waals surface area contributed by atoms with Crippen LogP contribution in [0, 0.1) is 0 Å². The summed E-state index contributed by atoms with van der Waals surface area (Å²) in [6.07, 6.45) is 6.09. The summed E-state index contributed by atoms with van der Waals surface area (Å²) in [6.45, 7) is 6.12. The van der Waals surface area contributed by atoms with Crippen LogP contribution in [-0.4, -0.2) is 63.2 Å². The van der Waals surface area contributed by atoms with E-state index in [0.717, 1.165) is 51.2 Å². The highest BCUT2D eigenvalue weighted by Crippen LogP contribution is 2.28. The second kappa shape index (κ2) is 11.7. The number of methoxy groups -OCH3 is 1. The molecule has 1 aliphatic rings. The second-order valence-corrected chi connectivity index (χ2v) is 5.87. The summed E-state index contributed by atoms with van der Waals surface area (Å²) in [7, 11) is 1.67. The van der Waals surface area contributed by atoms with Gasteiger partial charge in [-0.1, -0.05) is 19.3 Å². The minimum atomic E-state index is -0.607. The second-order valence-electron chi connectivity index (χ2n) is 5.87. The van der Waals surface area contributed by atoms with Crippen molar-refractivity contribution in [2.45, 2.75) is 51.0 Å². The molecule has 0 bridgehead atoms. The third-order valence-electron chi connectivity index (χ3n) is 3.85. The number of ether oxygens (including phenoxy) is 2. The lowest BCUT2D eigenvalue weighted by atomic mass is 9.85. The van der Waals surface area contributed by atoms with Gasteiger partial charge in [0.25, 0.3) is 0 Å². The van der Waals surface area contributed by atoms with Crippen LogP contribution >= 0.6 is 0 Å². The minimum Gasteiger partial charge on any atom is -0.388 e. The molecular weight excluding hydrogens is 282 g/mol. The molecule has 0 spiro atoms. The topological polar surface area (TPSA) is 75.1 Å². The predicted molar refractivity (Wildman–Crippen MR) is 89.3 cm³/mol. The molecule has 6 heteroatoms. The third kappa shape index (κ3) is 8.56. The molecule has 130 valence electrons. The predicted octanol–water partition coefficient (Wildman–Crippen LogP) is 1.29. The first-order valence-electron chi connectivity index (χ1n) is 8.51. The molecule has 0 aromatic heterocycles. The number of nitrogens with zero attached hydrogens (tertiary/aromatic N) is 1. The van der Waals surface area contributed by atoms with E-state index < -0.39 is 5.60 Å². The van der Waals surface area contributed by atoms with Crippen molar-refractivity contribution in [2.24, 2.45) is 4.99 Å². The zero-order valence-electron chi connectivity index (χ0n) is 14.2. The third-order valence-corrected chi connectivity index (χ3v) is 3.85. The van der Waals surface area contributed by atoms with Crippen LogP contribution in [0.5, 0.6) is 0 Å². The van der Waals surface area contributed by atoms with E-state index in [0.29, 0.717) is 26.4 Å². The molecule has 0 aromatic carbocycles. The van der Waals surface area contributed by atoms with Crippen molar-refractivity contribution in [3.8, 4) is 0 Å². The number of aliphatic hydroxyl groups is 1. The van der Waals surface area contributed by atoms with Gasteiger partial charge in [0, 0.05) is 26.8 Å². The maximum absolute atomic E-state index is 10.5. The normalized spacial score (nSPS) is 18.2. The molecule has 0 aliphatic heterocycles. The van der Waals surface area contributed by atoms with Gasteiger partial charge in [-0.3, -0.25) is 4.99 Å². The summed E-state index contributed by atoms with van der Waals surface area (Å²) >= 11 is 0. The van der Waals surface area contributed by atoms with Gasteiger partial charge in [0.05, 0.1) is 25.4 Å². The first-order chi connectivity index (χ1) is 10.7. The molecule has 0 atom stereocenters. The van der Waals surface area contributed by atoms with Gasteiger partial charge in [-0.2, -0.15) is 0 Å². The van der Waals surface area contributed by atoms with Gasteiger partial charge in [0.15, 0.2) is 5.96 Å². The fraction of sp³-hybridized carbons (Fsp3) is 0.938. The van der Waals surface area contributed by atoms with Crippen LogP contribution in [-0.2, 0) is 9.47 Å². The summed E-state index contributed by atoms with van der Waals surface area (Å²) in [6, 6.07) is 0. The molecule has 6 nitrogen and oxygen atoms in total.